The molecule has 72 valence electrons. The monoisotopic (exact) mass is 205 g/mol. The maximum Gasteiger partial charge on any atom is 0.346 e. The maximum absolute atomic E-state index is 12.4. The summed E-state index contributed by atoms with van der Waals surface area (Å²) in [5.74, 6) is -1.85. The zero-order valence-corrected chi connectivity index (χ0v) is 7.49. The summed E-state index contributed by atoms with van der Waals surface area (Å²) in [4.78, 5) is 17.4. The standard InChI is InChI=1S/C7H9FNO3P/c8-6-3-1-5(2-4-6)7(9)13(10,11)12/h1-4,7H,9H2,(H2,10,11,12)/t7-/m0/s1. The Balaban J connectivity index is 2.97. The first-order valence-corrected chi connectivity index (χ1v) is 5.15. The minimum absolute atomic E-state index is 0.217. The van der Waals surface area contributed by atoms with Gasteiger partial charge in [0.2, 0.25) is 0 Å². The summed E-state index contributed by atoms with van der Waals surface area (Å²) in [5.41, 5.74) is 5.45. The Bertz CT molecular complexity index is 334. The van der Waals surface area contributed by atoms with Crippen molar-refractivity contribution < 1.29 is 18.7 Å². The van der Waals surface area contributed by atoms with Crippen LogP contribution in [0.3, 0.4) is 0 Å². The molecule has 0 amide bonds. The summed E-state index contributed by atoms with van der Waals surface area (Å²) in [7, 11) is -4.34. The van der Waals surface area contributed by atoms with Gasteiger partial charge in [-0.2, -0.15) is 0 Å². The molecule has 0 saturated carbocycles. The first-order chi connectivity index (χ1) is 5.91. The molecule has 0 saturated heterocycles. The first kappa shape index (κ1) is 10.3. The largest absolute Gasteiger partial charge is 0.346 e. The molecule has 1 rings (SSSR count). The van der Waals surface area contributed by atoms with E-state index in [1.165, 1.54) is 12.1 Å². The molecule has 0 fully saturated rings. The van der Waals surface area contributed by atoms with Gasteiger partial charge in [0.05, 0.1) is 0 Å². The minimum atomic E-state index is -4.34. The van der Waals surface area contributed by atoms with Crippen molar-refractivity contribution in [2.75, 3.05) is 0 Å². The van der Waals surface area contributed by atoms with Gasteiger partial charge >= 0.3 is 7.60 Å². The van der Waals surface area contributed by atoms with Crippen molar-refractivity contribution in [3.05, 3.63) is 35.6 Å². The van der Waals surface area contributed by atoms with Crippen molar-refractivity contribution in [1.82, 2.24) is 0 Å². The van der Waals surface area contributed by atoms with Gasteiger partial charge in [-0.15, -0.1) is 0 Å². The lowest BCUT2D eigenvalue weighted by Crippen LogP contribution is -2.10. The minimum Gasteiger partial charge on any atom is -0.323 e. The van der Waals surface area contributed by atoms with E-state index in [0.29, 0.717) is 0 Å². The second-order valence-corrected chi connectivity index (χ2v) is 4.32. The van der Waals surface area contributed by atoms with Crippen LogP contribution in [0.5, 0.6) is 0 Å². The van der Waals surface area contributed by atoms with Gasteiger partial charge in [-0.1, -0.05) is 12.1 Å². The molecule has 0 radical (unpaired) electrons. The molecule has 0 bridgehead atoms. The van der Waals surface area contributed by atoms with Gasteiger partial charge in [0.15, 0.2) is 0 Å². The highest BCUT2D eigenvalue weighted by atomic mass is 31.2. The fourth-order valence-corrected chi connectivity index (χ4v) is 1.41. The predicted octanol–water partition coefficient (Wildman–Crippen LogP) is 0.961. The molecular weight excluding hydrogens is 196 g/mol. The van der Waals surface area contributed by atoms with Crippen molar-refractivity contribution in [2.24, 2.45) is 5.73 Å². The Morgan fingerprint density at radius 2 is 1.77 bits per heavy atom. The molecule has 13 heavy (non-hydrogen) atoms. The summed E-state index contributed by atoms with van der Waals surface area (Å²) >= 11 is 0. The van der Waals surface area contributed by atoms with E-state index in [4.69, 9.17) is 15.5 Å². The topological polar surface area (TPSA) is 83.6 Å². The third kappa shape index (κ3) is 2.60. The number of nitrogens with two attached hydrogens (primary N) is 1. The Morgan fingerprint density at radius 1 is 1.31 bits per heavy atom. The zero-order chi connectivity index (χ0) is 10.1. The number of hydrogen-bond donors (Lipinski definition) is 3. The quantitative estimate of drug-likeness (QED) is 0.628. The van der Waals surface area contributed by atoms with Crippen molar-refractivity contribution in [3.8, 4) is 0 Å². The van der Waals surface area contributed by atoms with Crippen LogP contribution in [0, 0.1) is 5.82 Å². The van der Waals surface area contributed by atoms with Gasteiger partial charge in [-0.3, -0.25) is 4.57 Å². The summed E-state index contributed by atoms with van der Waals surface area (Å²) in [5, 5.41) is 0. The fraction of sp³-hybridized carbons (Fsp3) is 0.143. The normalized spacial score (nSPS) is 14.2. The van der Waals surface area contributed by atoms with Crippen LogP contribution in [-0.4, -0.2) is 9.79 Å². The molecule has 4 N–H and O–H groups in total. The maximum atomic E-state index is 12.4. The van der Waals surface area contributed by atoms with Gasteiger partial charge in [0.25, 0.3) is 0 Å². The van der Waals surface area contributed by atoms with Crippen molar-refractivity contribution in [2.45, 2.75) is 5.78 Å². The molecule has 6 heteroatoms. The van der Waals surface area contributed by atoms with Crippen molar-refractivity contribution >= 4 is 7.60 Å². The first-order valence-electron chi connectivity index (χ1n) is 3.47. The SMILES string of the molecule is N[C@H](c1ccc(F)cc1)P(=O)(O)O. The van der Waals surface area contributed by atoms with E-state index < -0.39 is 19.2 Å². The summed E-state index contributed by atoms with van der Waals surface area (Å²) in [6.07, 6.45) is 0. The summed E-state index contributed by atoms with van der Waals surface area (Å²) in [6, 6.07) is 4.70. The molecule has 4 nitrogen and oxygen atoms in total. The van der Waals surface area contributed by atoms with Crippen LogP contribution in [0.2, 0.25) is 0 Å². The van der Waals surface area contributed by atoms with Gasteiger partial charge in [-0.05, 0) is 17.7 Å². The van der Waals surface area contributed by atoms with E-state index in [-0.39, 0.29) is 5.56 Å². The Hall–Kier alpha value is -0.740. The average Bonchev–Trinajstić information content (AvgIpc) is 2.03. The molecule has 1 aromatic carbocycles. The lowest BCUT2D eigenvalue weighted by molar-refractivity contribution is 0.359. The van der Waals surface area contributed by atoms with E-state index in [1.54, 1.807) is 0 Å². The summed E-state index contributed by atoms with van der Waals surface area (Å²) < 4.78 is 23.1. The molecule has 0 heterocycles. The van der Waals surface area contributed by atoms with Crippen LogP contribution in [0.4, 0.5) is 4.39 Å². The zero-order valence-electron chi connectivity index (χ0n) is 6.59. The lowest BCUT2D eigenvalue weighted by Gasteiger charge is -2.12. The third-order valence-corrected chi connectivity index (χ3v) is 2.60. The second-order valence-electron chi connectivity index (χ2n) is 2.59. The highest BCUT2D eigenvalue weighted by molar-refractivity contribution is 7.52. The molecule has 0 aliphatic rings. The van der Waals surface area contributed by atoms with Crippen LogP contribution in [0.15, 0.2) is 24.3 Å². The number of rotatable bonds is 2. The molecule has 1 atom stereocenters. The molecule has 0 spiro atoms. The number of benzene rings is 1. The van der Waals surface area contributed by atoms with Crippen molar-refractivity contribution in [1.29, 1.82) is 0 Å². The number of hydrogen-bond acceptors (Lipinski definition) is 2. The predicted molar refractivity (Wildman–Crippen MR) is 45.4 cm³/mol. The molecule has 0 unspecified atom stereocenters. The Kier molecular flexibility index (Phi) is 2.83. The van der Waals surface area contributed by atoms with E-state index in [9.17, 15) is 8.96 Å². The lowest BCUT2D eigenvalue weighted by atomic mass is 10.2. The molecule has 0 aliphatic carbocycles. The van der Waals surface area contributed by atoms with E-state index in [0.717, 1.165) is 12.1 Å². The Morgan fingerprint density at radius 3 is 2.15 bits per heavy atom. The van der Waals surface area contributed by atoms with Gasteiger partial charge in [-0.25, -0.2) is 4.39 Å². The van der Waals surface area contributed by atoms with Crippen LogP contribution in [0.25, 0.3) is 0 Å². The van der Waals surface area contributed by atoms with E-state index in [1.807, 2.05) is 0 Å². The third-order valence-electron chi connectivity index (χ3n) is 1.57. The van der Waals surface area contributed by atoms with E-state index >= 15 is 0 Å². The molecule has 0 aromatic heterocycles. The van der Waals surface area contributed by atoms with Gasteiger partial charge < -0.3 is 15.5 Å². The average molecular weight is 205 g/mol. The fourth-order valence-electron chi connectivity index (χ4n) is 0.854. The molecular formula is C7H9FNO3P. The highest BCUT2D eigenvalue weighted by Gasteiger charge is 2.25. The Labute approximate surface area is 74.4 Å². The van der Waals surface area contributed by atoms with Crippen LogP contribution in [0.1, 0.15) is 11.3 Å². The molecule has 0 aliphatic heterocycles. The highest BCUT2D eigenvalue weighted by Crippen LogP contribution is 2.47. The van der Waals surface area contributed by atoms with Gasteiger partial charge in [0, 0.05) is 0 Å². The number of halogens is 1. The smallest absolute Gasteiger partial charge is 0.323 e. The van der Waals surface area contributed by atoms with Crippen LogP contribution in [-0.2, 0) is 4.57 Å². The second kappa shape index (κ2) is 3.55. The van der Waals surface area contributed by atoms with Crippen LogP contribution >= 0.6 is 7.60 Å². The summed E-state index contributed by atoms with van der Waals surface area (Å²) in [6.45, 7) is 0. The van der Waals surface area contributed by atoms with Crippen LogP contribution < -0.4 is 5.73 Å². The molecule has 1 aromatic rings. The van der Waals surface area contributed by atoms with E-state index in [2.05, 4.69) is 0 Å². The van der Waals surface area contributed by atoms with Gasteiger partial charge in [0.1, 0.15) is 11.6 Å². The van der Waals surface area contributed by atoms with Crippen molar-refractivity contribution in [3.63, 3.8) is 0 Å².